The Hall–Kier alpha value is -1.27. The van der Waals surface area contributed by atoms with E-state index in [1.165, 1.54) is 38.2 Å². The first kappa shape index (κ1) is 16.1. The number of hydrogen-bond donors (Lipinski definition) is 3. The molecule has 3 N–H and O–H groups in total. The third-order valence-corrected chi connectivity index (χ3v) is 4.69. The van der Waals surface area contributed by atoms with E-state index in [0.29, 0.717) is 5.69 Å². The molecule has 1 aliphatic rings. The standard InChI is InChI=1S/C15H24N2O3S/c1-2-3-4-5-6-7-11-14-16-12-9-8-10-13(15(12)17-14)21(18,19)20/h8-10,14,16-17H,2-7,11H2,1H3,(H,18,19,20). The number of para-hydroxylation sites is 1. The molecule has 118 valence electrons. The summed E-state index contributed by atoms with van der Waals surface area (Å²) in [6.45, 7) is 2.20. The van der Waals surface area contributed by atoms with Crippen LogP contribution >= 0.6 is 0 Å². The van der Waals surface area contributed by atoms with Crippen LogP contribution in [0.5, 0.6) is 0 Å². The van der Waals surface area contributed by atoms with Crippen molar-refractivity contribution < 1.29 is 13.0 Å². The summed E-state index contributed by atoms with van der Waals surface area (Å²) >= 11 is 0. The van der Waals surface area contributed by atoms with Crippen molar-refractivity contribution in [3.63, 3.8) is 0 Å². The van der Waals surface area contributed by atoms with E-state index >= 15 is 0 Å². The quantitative estimate of drug-likeness (QED) is 0.502. The molecule has 0 amide bonds. The molecule has 1 heterocycles. The molecule has 0 bridgehead atoms. The number of hydrogen-bond acceptors (Lipinski definition) is 4. The summed E-state index contributed by atoms with van der Waals surface area (Å²) in [5.74, 6) is 0. The van der Waals surface area contributed by atoms with Crippen LogP contribution in [-0.2, 0) is 10.1 Å². The van der Waals surface area contributed by atoms with Crippen molar-refractivity contribution in [1.29, 1.82) is 0 Å². The predicted molar refractivity (Wildman–Crippen MR) is 85.3 cm³/mol. The van der Waals surface area contributed by atoms with Crippen molar-refractivity contribution in [2.75, 3.05) is 10.6 Å². The van der Waals surface area contributed by atoms with Gasteiger partial charge in [-0.15, -0.1) is 0 Å². The number of nitrogens with one attached hydrogen (secondary N) is 2. The summed E-state index contributed by atoms with van der Waals surface area (Å²) in [5.41, 5.74) is 1.22. The highest BCUT2D eigenvalue weighted by Crippen LogP contribution is 2.35. The Morgan fingerprint density at radius 2 is 1.81 bits per heavy atom. The van der Waals surface area contributed by atoms with Gasteiger partial charge in [0.05, 0.1) is 17.5 Å². The van der Waals surface area contributed by atoms with Crippen LogP contribution in [0.25, 0.3) is 0 Å². The smallest absolute Gasteiger partial charge is 0.296 e. The molecule has 0 saturated heterocycles. The van der Waals surface area contributed by atoms with E-state index in [9.17, 15) is 13.0 Å². The molecule has 0 fully saturated rings. The topological polar surface area (TPSA) is 78.4 Å². The zero-order valence-electron chi connectivity index (χ0n) is 12.4. The number of benzene rings is 1. The molecule has 1 aliphatic heterocycles. The summed E-state index contributed by atoms with van der Waals surface area (Å²) in [6, 6.07) is 4.86. The second-order valence-electron chi connectivity index (χ2n) is 5.55. The minimum atomic E-state index is -4.19. The predicted octanol–water partition coefficient (Wildman–Crippen LogP) is 3.85. The van der Waals surface area contributed by atoms with E-state index in [1.54, 1.807) is 6.07 Å². The molecule has 2 rings (SSSR count). The van der Waals surface area contributed by atoms with Crippen molar-refractivity contribution in [1.82, 2.24) is 0 Å². The average Bonchev–Trinajstić information content (AvgIpc) is 2.84. The third-order valence-electron chi connectivity index (χ3n) is 3.80. The third kappa shape index (κ3) is 4.35. The van der Waals surface area contributed by atoms with Crippen LogP contribution in [0, 0.1) is 0 Å². The molecule has 0 radical (unpaired) electrons. The lowest BCUT2D eigenvalue weighted by Crippen LogP contribution is -2.22. The van der Waals surface area contributed by atoms with Crippen LogP contribution in [0.4, 0.5) is 11.4 Å². The molecule has 1 unspecified atom stereocenters. The molecular formula is C15H24N2O3S. The van der Waals surface area contributed by atoms with Crippen LogP contribution < -0.4 is 10.6 Å². The fourth-order valence-corrected chi connectivity index (χ4v) is 3.36. The normalized spacial score (nSPS) is 17.1. The second kappa shape index (κ2) is 7.13. The fraction of sp³-hybridized carbons (Fsp3) is 0.600. The van der Waals surface area contributed by atoms with E-state index in [-0.39, 0.29) is 11.1 Å². The monoisotopic (exact) mass is 312 g/mol. The molecule has 1 aromatic carbocycles. The summed E-state index contributed by atoms with van der Waals surface area (Å²) in [4.78, 5) is -0.0575. The van der Waals surface area contributed by atoms with Gasteiger partial charge in [-0.05, 0) is 25.0 Å². The zero-order chi connectivity index (χ0) is 15.3. The van der Waals surface area contributed by atoms with E-state index in [1.807, 2.05) is 6.07 Å². The maximum atomic E-state index is 11.3. The minimum Gasteiger partial charge on any atom is -0.364 e. The van der Waals surface area contributed by atoms with E-state index < -0.39 is 10.1 Å². The van der Waals surface area contributed by atoms with Crippen molar-refractivity contribution in [3.05, 3.63) is 18.2 Å². The van der Waals surface area contributed by atoms with Gasteiger partial charge in [-0.25, -0.2) is 0 Å². The Kier molecular flexibility index (Phi) is 5.47. The number of anilines is 2. The molecule has 21 heavy (non-hydrogen) atoms. The van der Waals surface area contributed by atoms with Crippen LogP contribution in [-0.4, -0.2) is 19.1 Å². The van der Waals surface area contributed by atoms with Gasteiger partial charge in [0.2, 0.25) is 0 Å². The molecule has 1 aromatic rings. The largest absolute Gasteiger partial charge is 0.364 e. The maximum absolute atomic E-state index is 11.3. The van der Waals surface area contributed by atoms with Crippen molar-refractivity contribution in [2.45, 2.75) is 62.9 Å². The van der Waals surface area contributed by atoms with Crippen molar-refractivity contribution >= 4 is 21.5 Å². The molecule has 0 aromatic heterocycles. The van der Waals surface area contributed by atoms with Gasteiger partial charge in [0, 0.05) is 0 Å². The van der Waals surface area contributed by atoms with Gasteiger partial charge in [0.15, 0.2) is 0 Å². The van der Waals surface area contributed by atoms with Gasteiger partial charge >= 0.3 is 0 Å². The Bertz CT molecular complexity index is 572. The second-order valence-corrected chi connectivity index (χ2v) is 6.94. The fourth-order valence-electron chi connectivity index (χ4n) is 2.69. The van der Waals surface area contributed by atoms with E-state index in [2.05, 4.69) is 17.6 Å². The first-order chi connectivity index (χ1) is 10.0. The average molecular weight is 312 g/mol. The van der Waals surface area contributed by atoms with Crippen LogP contribution in [0.1, 0.15) is 51.9 Å². The summed E-state index contributed by atoms with van der Waals surface area (Å²) in [7, 11) is -4.19. The lowest BCUT2D eigenvalue weighted by molar-refractivity contribution is 0.483. The van der Waals surface area contributed by atoms with Crippen LogP contribution in [0.2, 0.25) is 0 Å². The van der Waals surface area contributed by atoms with Crippen molar-refractivity contribution in [2.24, 2.45) is 0 Å². The number of unbranched alkanes of at least 4 members (excludes halogenated alkanes) is 5. The highest BCUT2D eigenvalue weighted by atomic mass is 32.2. The van der Waals surface area contributed by atoms with Gasteiger partial charge in [-0.1, -0.05) is 45.1 Å². The Balaban J connectivity index is 1.86. The molecule has 1 atom stereocenters. The van der Waals surface area contributed by atoms with Crippen LogP contribution in [0.15, 0.2) is 23.1 Å². The number of fused-ring (bicyclic) bond motifs is 1. The summed E-state index contributed by atoms with van der Waals surface area (Å²) in [5, 5.41) is 6.42. The Morgan fingerprint density at radius 3 is 2.52 bits per heavy atom. The van der Waals surface area contributed by atoms with Crippen LogP contribution in [0.3, 0.4) is 0 Å². The molecule has 0 saturated carbocycles. The molecule has 6 heteroatoms. The van der Waals surface area contributed by atoms with Gasteiger partial charge in [0.25, 0.3) is 10.1 Å². The van der Waals surface area contributed by atoms with E-state index in [0.717, 1.165) is 18.5 Å². The summed E-state index contributed by atoms with van der Waals surface area (Å²) < 4.78 is 31.9. The lowest BCUT2D eigenvalue weighted by Gasteiger charge is -2.12. The minimum absolute atomic E-state index is 0.0362. The van der Waals surface area contributed by atoms with Gasteiger partial charge < -0.3 is 10.6 Å². The highest BCUT2D eigenvalue weighted by molar-refractivity contribution is 7.86. The lowest BCUT2D eigenvalue weighted by atomic mass is 10.1. The molecular weight excluding hydrogens is 288 g/mol. The van der Waals surface area contributed by atoms with E-state index in [4.69, 9.17) is 0 Å². The maximum Gasteiger partial charge on any atom is 0.296 e. The van der Waals surface area contributed by atoms with Gasteiger partial charge in [-0.2, -0.15) is 8.42 Å². The Morgan fingerprint density at radius 1 is 1.10 bits per heavy atom. The van der Waals surface area contributed by atoms with Crippen molar-refractivity contribution in [3.8, 4) is 0 Å². The Labute approximate surface area is 126 Å². The zero-order valence-corrected chi connectivity index (χ0v) is 13.2. The number of rotatable bonds is 8. The molecule has 0 aliphatic carbocycles. The molecule has 5 nitrogen and oxygen atoms in total. The first-order valence-electron chi connectivity index (χ1n) is 7.66. The van der Waals surface area contributed by atoms with Gasteiger partial charge in [0.1, 0.15) is 4.90 Å². The summed E-state index contributed by atoms with van der Waals surface area (Å²) in [6.07, 6.45) is 8.35. The first-order valence-corrected chi connectivity index (χ1v) is 9.10. The highest BCUT2D eigenvalue weighted by Gasteiger charge is 2.26. The van der Waals surface area contributed by atoms with Gasteiger partial charge in [-0.3, -0.25) is 4.55 Å². The molecule has 0 spiro atoms. The SMILES string of the molecule is CCCCCCCCC1Nc2cccc(S(=O)(=O)O)c2N1.